The molecule has 1 aromatic heterocycles. The molecule has 2 amide bonds. The number of hydrogen-bond donors (Lipinski definition) is 2. The predicted molar refractivity (Wildman–Crippen MR) is 109 cm³/mol. The number of benzene rings is 2. The van der Waals surface area contributed by atoms with Crippen LogP contribution in [0.25, 0.3) is 0 Å². The summed E-state index contributed by atoms with van der Waals surface area (Å²) in [5.41, 5.74) is 0.263. The number of aromatic nitrogens is 1. The van der Waals surface area contributed by atoms with Crippen LogP contribution in [0.4, 0.5) is 8.78 Å². The zero-order valence-electron chi connectivity index (χ0n) is 15.7. The van der Waals surface area contributed by atoms with Crippen LogP contribution in [-0.4, -0.2) is 23.8 Å². The SMILES string of the molecule is CNC(=O)C(NC(=O)c1ccc(Oc2ccc(Br)cc2)nc1)c1ccc(F)c(F)c1. The summed E-state index contributed by atoms with van der Waals surface area (Å²) < 4.78 is 33.3. The van der Waals surface area contributed by atoms with Gasteiger partial charge in [-0.15, -0.1) is 0 Å². The number of carbonyl (C=O) groups is 2. The van der Waals surface area contributed by atoms with Crippen molar-refractivity contribution in [2.75, 3.05) is 7.05 Å². The molecule has 154 valence electrons. The zero-order valence-corrected chi connectivity index (χ0v) is 17.2. The van der Waals surface area contributed by atoms with E-state index in [9.17, 15) is 18.4 Å². The summed E-state index contributed by atoms with van der Waals surface area (Å²) >= 11 is 3.33. The van der Waals surface area contributed by atoms with Crippen molar-refractivity contribution in [2.24, 2.45) is 0 Å². The first-order valence-electron chi connectivity index (χ1n) is 8.74. The highest BCUT2D eigenvalue weighted by Gasteiger charge is 2.23. The van der Waals surface area contributed by atoms with Crippen molar-refractivity contribution in [3.63, 3.8) is 0 Å². The lowest BCUT2D eigenvalue weighted by Crippen LogP contribution is -2.39. The number of pyridine rings is 1. The van der Waals surface area contributed by atoms with Gasteiger partial charge in [-0.1, -0.05) is 22.0 Å². The lowest BCUT2D eigenvalue weighted by molar-refractivity contribution is -0.122. The molecule has 1 atom stereocenters. The molecule has 0 radical (unpaired) electrons. The Bertz CT molecular complexity index is 1060. The molecule has 6 nitrogen and oxygen atoms in total. The number of nitrogens with zero attached hydrogens (tertiary/aromatic N) is 1. The topological polar surface area (TPSA) is 80.3 Å². The van der Waals surface area contributed by atoms with Gasteiger partial charge in [-0.25, -0.2) is 13.8 Å². The third kappa shape index (κ3) is 5.18. The van der Waals surface area contributed by atoms with Crippen molar-refractivity contribution in [3.05, 3.63) is 88.0 Å². The smallest absolute Gasteiger partial charge is 0.253 e. The molecular weight excluding hydrogens is 460 g/mol. The van der Waals surface area contributed by atoms with Gasteiger partial charge in [0.15, 0.2) is 11.6 Å². The van der Waals surface area contributed by atoms with Gasteiger partial charge >= 0.3 is 0 Å². The van der Waals surface area contributed by atoms with Crippen molar-refractivity contribution in [1.29, 1.82) is 0 Å². The van der Waals surface area contributed by atoms with E-state index >= 15 is 0 Å². The third-order valence-corrected chi connectivity index (χ3v) is 4.62. The maximum Gasteiger partial charge on any atom is 0.253 e. The van der Waals surface area contributed by atoms with Crippen LogP contribution in [0.2, 0.25) is 0 Å². The van der Waals surface area contributed by atoms with Crippen LogP contribution < -0.4 is 15.4 Å². The first-order valence-corrected chi connectivity index (χ1v) is 9.53. The van der Waals surface area contributed by atoms with E-state index in [-0.39, 0.29) is 17.0 Å². The molecule has 2 aromatic carbocycles. The molecule has 0 aliphatic carbocycles. The average Bonchev–Trinajstić information content (AvgIpc) is 2.75. The van der Waals surface area contributed by atoms with Crippen molar-refractivity contribution in [2.45, 2.75) is 6.04 Å². The Labute approximate surface area is 179 Å². The molecule has 30 heavy (non-hydrogen) atoms. The Morgan fingerprint density at radius 3 is 2.37 bits per heavy atom. The van der Waals surface area contributed by atoms with Gasteiger partial charge in [-0.05, 0) is 48.0 Å². The summed E-state index contributed by atoms with van der Waals surface area (Å²) in [5.74, 6) is -2.52. The molecule has 2 N–H and O–H groups in total. The van der Waals surface area contributed by atoms with E-state index in [4.69, 9.17) is 4.74 Å². The molecule has 0 aliphatic rings. The Kier molecular flexibility index (Phi) is 6.73. The molecule has 9 heteroatoms. The first-order chi connectivity index (χ1) is 14.4. The molecular formula is C21H16BrF2N3O3. The molecule has 1 heterocycles. The van der Waals surface area contributed by atoms with Crippen LogP contribution in [0.3, 0.4) is 0 Å². The van der Waals surface area contributed by atoms with E-state index in [0.29, 0.717) is 5.75 Å². The molecule has 0 saturated carbocycles. The van der Waals surface area contributed by atoms with Crippen molar-refractivity contribution in [3.8, 4) is 11.6 Å². The van der Waals surface area contributed by atoms with Crippen LogP contribution in [0, 0.1) is 11.6 Å². The number of carbonyl (C=O) groups excluding carboxylic acids is 2. The van der Waals surface area contributed by atoms with E-state index in [1.54, 1.807) is 12.1 Å². The van der Waals surface area contributed by atoms with Gasteiger partial charge in [0.25, 0.3) is 5.91 Å². The molecule has 0 saturated heterocycles. The second kappa shape index (κ2) is 9.45. The highest BCUT2D eigenvalue weighted by Crippen LogP contribution is 2.22. The summed E-state index contributed by atoms with van der Waals surface area (Å²) in [5, 5.41) is 4.88. The summed E-state index contributed by atoms with van der Waals surface area (Å²) in [6.07, 6.45) is 1.29. The molecule has 0 spiro atoms. The number of likely N-dealkylation sites (N-methyl/N-ethyl adjacent to an activating group) is 1. The van der Waals surface area contributed by atoms with Gasteiger partial charge in [0.05, 0.1) is 5.56 Å². The molecule has 3 rings (SSSR count). The number of ether oxygens (including phenoxy) is 1. The summed E-state index contributed by atoms with van der Waals surface area (Å²) in [6.45, 7) is 0. The largest absolute Gasteiger partial charge is 0.439 e. The minimum atomic E-state index is -1.21. The number of hydrogen-bond acceptors (Lipinski definition) is 4. The summed E-state index contributed by atoms with van der Waals surface area (Å²) in [6, 6.07) is 11.9. The van der Waals surface area contributed by atoms with Crippen LogP contribution in [0.15, 0.2) is 65.3 Å². The Balaban J connectivity index is 1.74. The molecule has 3 aromatic rings. The number of amides is 2. The van der Waals surface area contributed by atoms with Crippen molar-refractivity contribution in [1.82, 2.24) is 15.6 Å². The Morgan fingerprint density at radius 2 is 1.77 bits per heavy atom. The van der Waals surface area contributed by atoms with Gasteiger partial charge in [-0.3, -0.25) is 9.59 Å². The standard InChI is InChI=1S/C21H16BrF2N3O3/c1-25-21(29)19(12-2-8-16(23)17(24)10-12)27-20(28)13-3-9-18(26-11-13)30-15-6-4-14(22)5-7-15/h2-11,19H,1H3,(H,25,29)(H,27,28). The van der Waals surface area contributed by atoms with Crippen molar-refractivity contribution >= 4 is 27.7 Å². The van der Waals surface area contributed by atoms with Crippen molar-refractivity contribution < 1.29 is 23.1 Å². The van der Waals surface area contributed by atoms with Gasteiger partial charge in [0, 0.05) is 23.8 Å². The highest BCUT2D eigenvalue weighted by molar-refractivity contribution is 9.10. The maximum absolute atomic E-state index is 13.6. The van der Waals surface area contributed by atoms with Gasteiger partial charge in [-0.2, -0.15) is 0 Å². The second-order valence-electron chi connectivity index (χ2n) is 6.14. The average molecular weight is 476 g/mol. The maximum atomic E-state index is 13.6. The number of rotatable bonds is 6. The van der Waals surface area contributed by atoms with E-state index < -0.39 is 29.5 Å². The zero-order chi connectivity index (χ0) is 21.7. The van der Waals surface area contributed by atoms with E-state index in [1.165, 1.54) is 31.4 Å². The minimum absolute atomic E-state index is 0.102. The monoisotopic (exact) mass is 475 g/mol. The quantitative estimate of drug-likeness (QED) is 0.561. The van der Waals surface area contributed by atoms with Crippen LogP contribution >= 0.6 is 15.9 Å². The lowest BCUT2D eigenvalue weighted by Gasteiger charge is -2.18. The predicted octanol–water partition coefficient (Wildman–Crippen LogP) is 4.13. The highest BCUT2D eigenvalue weighted by atomic mass is 79.9. The Hall–Kier alpha value is -3.33. The first kappa shape index (κ1) is 21.4. The second-order valence-corrected chi connectivity index (χ2v) is 7.05. The van der Waals surface area contributed by atoms with E-state index in [2.05, 4.69) is 31.5 Å². The summed E-state index contributed by atoms with van der Waals surface area (Å²) in [7, 11) is 1.37. The van der Waals surface area contributed by atoms with E-state index in [1.807, 2.05) is 12.1 Å². The third-order valence-electron chi connectivity index (χ3n) is 4.10. The van der Waals surface area contributed by atoms with E-state index in [0.717, 1.165) is 16.6 Å². The van der Waals surface area contributed by atoms with Gasteiger partial charge < -0.3 is 15.4 Å². The fourth-order valence-electron chi connectivity index (χ4n) is 2.55. The van der Waals surface area contributed by atoms with Gasteiger partial charge in [0.1, 0.15) is 11.8 Å². The van der Waals surface area contributed by atoms with Gasteiger partial charge in [0.2, 0.25) is 11.8 Å². The van der Waals surface area contributed by atoms with Crippen LogP contribution in [0.1, 0.15) is 22.0 Å². The van der Waals surface area contributed by atoms with Crippen LogP contribution in [-0.2, 0) is 4.79 Å². The van der Waals surface area contributed by atoms with Crippen LogP contribution in [0.5, 0.6) is 11.6 Å². The number of halogens is 3. The molecule has 0 fully saturated rings. The minimum Gasteiger partial charge on any atom is -0.439 e. The fraction of sp³-hybridized carbons (Fsp3) is 0.0952. The fourth-order valence-corrected chi connectivity index (χ4v) is 2.81. The normalized spacial score (nSPS) is 11.5. The lowest BCUT2D eigenvalue weighted by atomic mass is 10.1. The molecule has 1 unspecified atom stereocenters. The molecule has 0 aliphatic heterocycles. The Morgan fingerprint density at radius 1 is 1.03 bits per heavy atom. The number of nitrogens with one attached hydrogen (secondary N) is 2. The molecule has 0 bridgehead atoms. The summed E-state index contributed by atoms with van der Waals surface area (Å²) in [4.78, 5) is 28.8.